The van der Waals surface area contributed by atoms with Crippen LogP contribution in [0, 0.1) is 6.92 Å². The van der Waals surface area contributed by atoms with Crippen molar-refractivity contribution in [2.75, 3.05) is 17.3 Å². The van der Waals surface area contributed by atoms with Crippen LogP contribution >= 0.6 is 11.3 Å². The van der Waals surface area contributed by atoms with Gasteiger partial charge in [0, 0.05) is 22.5 Å². The van der Waals surface area contributed by atoms with Crippen molar-refractivity contribution in [1.29, 1.82) is 0 Å². The number of aromatic nitrogens is 1. The highest BCUT2D eigenvalue weighted by Crippen LogP contribution is 2.27. The molecular weight excluding hydrogens is 484 g/mol. The van der Waals surface area contributed by atoms with Gasteiger partial charge in [-0.2, -0.15) is 0 Å². The molecular formula is C22H24N2O6S3. The number of benzene rings is 1. The lowest BCUT2D eigenvalue weighted by atomic mass is 10.1. The molecule has 8 nitrogen and oxygen atoms in total. The quantitative estimate of drug-likeness (QED) is 0.481. The van der Waals surface area contributed by atoms with E-state index in [1.807, 2.05) is 18.4 Å². The molecule has 0 bridgehead atoms. The molecule has 1 amide bonds. The second-order valence-corrected chi connectivity index (χ2v) is 13.5. The maximum absolute atomic E-state index is 13.4. The number of thiophene rings is 1. The molecule has 11 heteroatoms. The molecule has 33 heavy (non-hydrogen) atoms. The molecule has 1 saturated heterocycles. The summed E-state index contributed by atoms with van der Waals surface area (Å²) < 4.78 is 53.5. The molecule has 1 aliphatic heterocycles. The zero-order chi connectivity index (χ0) is 23.8. The molecule has 0 aliphatic carbocycles. The van der Waals surface area contributed by atoms with Gasteiger partial charge in [0.2, 0.25) is 0 Å². The van der Waals surface area contributed by atoms with Gasteiger partial charge in [0.15, 0.2) is 31.1 Å². The summed E-state index contributed by atoms with van der Waals surface area (Å²) in [6, 6.07) is 9.23. The smallest absolute Gasteiger partial charge is 0.276 e. The average molecular weight is 509 g/mol. The van der Waals surface area contributed by atoms with Gasteiger partial charge in [0.25, 0.3) is 5.91 Å². The van der Waals surface area contributed by atoms with Crippen LogP contribution in [-0.2, 0) is 26.2 Å². The standard InChI is InChI=1S/C22H24N2O6S3/c1-3-33(28,29)18-6-4-16(5-7-18)20-12-19(23-30-20)22(25)24(13-21-15(2)8-10-31-21)17-9-11-32(26,27)14-17/h4-8,10,12,17H,3,9,11,13-14H2,1-2H3. The molecule has 0 saturated carbocycles. The van der Waals surface area contributed by atoms with E-state index in [4.69, 9.17) is 4.52 Å². The van der Waals surface area contributed by atoms with Crippen molar-refractivity contribution in [2.24, 2.45) is 0 Å². The molecule has 4 rings (SSSR count). The molecule has 0 spiro atoms. The number of rotatable bonds is 7. The predicted octanol–water partition coefficient (Wildman–Crippen LogP) is 3.33. The summed E-state index contributed by atoms with van der Waals surface area (Å²) in [6.45, 7) is 3.83. The fraction of sp³-hybridized carbons (Fsp3) is 0.364. The number of amides is 1. The molecule has 0 N–H and O–H groups in total. The maximum atomic E-state index is 13.4. The molecule has 1 unspecified atom stereocenters. The number of aryl methyl sites for hydroxylation is 1. The molecule has 3 aromatic rings. The van der Waals surface area contributed by atoms with Crippen molar-refractivity contribution >= 4 is 36.9 Å². The number of nitrogens with zero attached hydrogens (tertiary/aromatic N) is 2. The number of hydrogen-bond donors (Lipinski definition) is 0. The van der Waals surface area contributed by atoms with Crippen LogP contribution in [0.1, 0.15) is 34.3 Å². The van der Waals surface area contributed by atoms with Gasteiger partial charge in [0.05, 0.1) is 28.7 Å². The Morgan fingerprint density at radius 3 is 2.55 bits per heavy atom. The Morgan fingerprint density at radius 1 is 1.24 bits per heavy atom. The van der Waals surface area contributed by atoms with Crippen molar-refractivity contribution in [1.82, 2.24) is 10.1 Å². The topological polar surface area (TPSA) is 115 Å². The molecule has 1 aromatic carbocycles. The van der Waals surface area contributed by atoms with Crippen LogP contribution < -0.4 is 0 Å². The van der Waals surface area contributed by atoms with E-state index in [0.717, 1.165) is 10.4 Å². The second-order valence-electron chi connectivity index (χ2n) is 8.02. The van der Waals surface area contributed by atoms with Gasteiger partial charge < -0.3 is 9.42 Å². The third-order valence-electron chi connectivity index (χ3n) is 5.80. The van der Waals surface area contributed by atoms with Crippen LogP contribution in [0.2, 0.25) is 0 Å². The third kappa shape index (κ3) is 5.04. The van der Waals surface area contributed by atoms with E-state index in [2.05, 4.69) is 5.16 Å². The highest BCUT2D eigenvalue weighted by molar-refractivity contribution is 7.91. The van der Waals surface area contributed by atoms with Gasteiger partial charge in [-0.1, -0.05) is 12.1 Å². The lowest BCUT2D eigenvalue weighted by Crippen LogP contribution is -2.40. The van der Waals surface area contributed by atoms with E-state index in [-0.39, 0.29) is 27.8 Å². The Hall–Kier alpha value is -2.50. The molecule has 2 aromatic heterocycles. The number of sulfone groups is 2. The molecule has 1 aliphatic rings. The fourth-order valence-corrected chi connectivity index (χ4v) is 7.28. The fourth-order valence-electron chi connectivity index (χ4n) is 3.76. The first-order valence-electron chi connectivity index (χ1n) is 10.4. The predicted molar refractivity (Wildman–Crippen MR) is 126 cm³/mol. The van der Waals surface area contributed by atoms with Crippen molar-refractivity contribution < 1.29 is 26.2 Å². The highest BCUT2D eigenvalue weighted by atomic mass is 32.2. The van der Waals surface area contributed by atoms with Gasteiger partial charge in [0.1, 0.15) is 0 Å². The summed E-state index contributed by atoms with van der Waals surface area (Å²) in [7, 11) is -6.50. The van der Waals surface area contributed by atoms with Crippen molar-refractivity contribution in [3.8, 4) is 11.3 Å². The SMILES string of the molecule is CCS(=O)(=O)c1ccc(-c2cc(C(=O)N(Cc3sccc3C)C3CCS(=O)(=O)C3)no2)cc1. The van der Waals surface area contributed by atoms with Gasteiger partial charge in [-0.3, -0.25) is 4.79 Å². The Balaban J connectivity index is 1.60. The van der Waals surface area contributed by atoms with Crippen molar-refractivity contribution in [2.45, 2.75) is 37.8 Å². The van der Waals surface area contributed by atoms with Crippen molar-refractivity contribution in [3.05, 3.63) is 57.9 Å². The number of carbonyl (C=O) groups is 1. The van der Waals surface area contributed by atoms with Crippen LogP contribution in [0.25, 0.3) is 11.3 Å². The summed E-state index contributed by atoms with van der Waals surface area (Å²) >= 11 is 1.52. The van der Waals surface area contributed by atoms with E-state index in [1.165, 1.54) is 29.5 Å². The molecule has 1 fully saturated rings. The average Bonchev–Trinajstić information content (AvgIpc) is 3.52. The Labute approximate surface area is 197 Å². The van der Waals surface area contributed by atoms with Gasteiger partial charge in [-0.05, 0) is 54.6 Å². The first-order chi connectivity index (χ1) is 15.6. The zero-order valence-electron chi connectivity index (χ0n) is 18.2. The summed E-state index contributed by atoms with van der Waals surface area (Å²) in [5.74, 6) is -0.0809. The van der Waals surface area contributed by atoms with Crippen LogP contribution in [0.15, 0.2) is 51.2 Å². The molecule has 0 radical (unpaired) electrons. The van der Waals surface area contributed by atoms with E-state index < -0.39 is 31.6 Å². The monoisotopic (exact) mass is 508 g/mol. The lowest BCUT2D eigenvalue weighted by molar-refractivity contribution is 0.0672. The molecule has 1 atom stereocenters. The van der Waals surface area contributed by atoms with E-state index in [9.17, 15) is 21.6 Å². The Bertz CT molecular complexity index is 1370. The van der Waals surface area contributed by atoms with Crippen LogP contribution in [-0.4, -0.2) is 56.1 Å². The van der Waals surface area contributed by atoms with Crippen LogP contribution in [0.5, 0.6) is 0 Å². The summed E-state index contributed by atoms with van der Waals surface area (Å²) in [5.41, 5.74) is 1.70. The lowest BCUT2D eigenvalue weighted by Gasteiger charge is -2.27. The second kappa shape index (κ2) is 9.03. The first kappa shape index (κ1) is 23.7. The van der Waals surface area contributed by atoms with Gasteiger partial charge in [-0.15, -0.1) is 11.3 Å². The zero-order valence-corrected chi connectivity index (χ0v) is 20.7. The van der Waals surface area contributed by atoms with Gasteiger partial charge >= 0.3 is 0 Å². The minimum absolute atomic E-state index is 0.00371. The minimum Gasteiger partial charge on any atom is -0.355 e. The Kier molecular flexibility index (Phi) is 6.47. The third-order valence-corrected chi connectivity index (χ3v) is 10.3. The highest BCUT2D eigenvalue weighted by Gasteiger charge is 2.36. The van der Waals surface area contributed by atoms with Crippen molar-refractivity contribution in [3.63, 3.8) is 0 Å². The maximum Gasteiger partial charge on any atom is 0.276 e. The Morgan fingerprint density at radius 2 is 1.97 bits per heavy atom. The summed E-state index contributed by atoms with van der Waals surface area (Å²) in [4.78, 5) is 16.2. The van der Waals surface area contributed by atoms with E-state index in [0.29, 0.717) is 24.3 Å². The molecule has 176 valence electrons. The first-order valence-corrected chi connectivity index (χ1v) is 14.8. The number of carbonyl (C=O) groups excluding carboxylic acids is 1. The normalized spacial score (nSPS) is 17.8. The number of hydrogen-bond acceptors (Lipinski definition) is 8. The largest absolute Gasteiger partial charge is 0.355 e. The van der Waals surface area contributed by atoms with Crippen LogP contribution in [0.4, 0.5) is 0 Å². The van der Waals surface area contributed by atoms with E-state index in [1.54, 1.807) is 24.0 Å². The summed E-state index contributed by atoms with van der Waals surface area (Å²) in [6.07, 6.45) is 0.385. The van der Waals surface area contributed by atoms with E-state index >= 15 is 0 Å². The molecule has 3 heterocycles. The summed E-state index contributed by atoms with van der Waals surface area (Å²) in [5, 5.41) is 5.87. The van der Waals surface area contributed by atoms with Gasteiger partial charge in [-0.25, -0.2) is 16.8 Å². The van der Waals surface area contributed by atoms with Crippen LogP contribution in [0.3, 0.4) is 0 Å². The minimum atomic E-state index is -3.32.